The molecule has 2 heterocycles. The Kier molecular flexibility index (Phi) is 13.3. The summed E-state index contributed by atoms with van der Waals surface area (Å²) in [7, 11) is -13.9. The van der Waals surface area contributed by atoms with E-state index in [0.717, 1.165) is 27.5 Å². The molecule has 0 aliphatic carbocycles. The Hall–Kier alpha value is -8.59. The maximum absolute atomic E-state index is 12.7. The number of anilines is 10. The van der Waals surface area contributed by atoms with E-state index in [4.69, 9.17) is 30.8 Å². The second-order valence-electron chi connectivity index (χ2n) is 13.0. The first kappa shape index (κ1) is 45.9. The molecule has 8 N–H and O–H groups in total. The van der Waals surface area contributed by atoms with Gasteiger partial charge < -0.3 is 21.3 Å². The monoisotopic (exact) mass is 929 g/mol. The van der Waals surface area contributed by atoms with Gasteiger partial charge in [-0.25, -0.2) is 13.6 Å². The van der Waals surface area contributed by atoms with E-state index < -0.39 is 40.1 Å². The number of hydrogen-bond acceptors (Lipinski definition) is 18. The molecule has 0 saturated carbocycles. The van der Waals surface area contributed by atoms with Crippen molar-refractivity contribution in [2.24, 2.45) is 5.14 Å². The molecule has 2 aromatic heterocycles. The second-order valence-corrected chi connectivity index (χ2v) is 17.3. The van der Waals surface area contributed by atoms with Gasteiger partial charge in [0.25, 0.3) is 32.1 Å². The first-order valence-corrected chi connectivity index (χ1v) is 22.3. The number of aromatic nitrogens is 6. The summed E-state index contributed by atoms with van der Waals surface area (Å²) in [5.74, 6) is -0.813. The Morgan fingerprint density at radius 1 is 0.523 bits per heavy atom. The minimum absolute atomic E-state index is 0.0173. The van der Waals surface area contributed by atoms with Crippen LogP contribution >= 0.6 is 0 Å². The SMILES string of the molecule is C#CN(C#C)c1nc(Nc2ccc(C)cc2)nc(Nc2ccc(C=Cc3ccc(Nc4nc(Nc5ccc(S(N)(=O)=O)cc5)nc(N(C#C)C#C)n4)cc3S(=O)(=O)O)c(S(=O)(=O)O)c2)n1. The highest BCUT2D eigenvalue weighted by molar-refractivity contribution is 7.89. The van der Waals surface area contributed by atoms with Crippen LogP contribution < -0.4 is 36.2 Å². The largest absolute Gasteiger partial charge is 0.324 e. The van der Waals surface area contributed by atoms with E-state index in [2.05, 4.69) is 75.3 Å². The lowest BCUT2D eigenvalue weighted by atomic mass is 10.1. The standard InChI is InChI=1S/C41H31N13O8S3/c1-6-53(7-2)40-49-36(43-29-16-10-26(5)11-17-29)47-38(51-40)45-31-18-14-27(34(24-31)64(57,58)59)12-13-28-15-19-32(25-35(28)65(60,61)62)46-39-48-37(50-41(52-39)54(8-3)9-4)44-30-20-22-33(23-21-30)63(42,55)56/h1-4,10-25H,5H3,(H2,42,55,56)(H,57,58,59)(H,60,61,62)(H2,43,45,47,49,51)(H2,44,46,48,50,52). The highest BCUT2D eigenvalue weighted by Crippen LogP contribution is 2.29. The third-order valence-electron chi connectivity index (χ3n) is 8.45. The van der Waals surface area contributed by atoms with Gasteiger partial charge in [-0.05, 0) is 78.7 Å². The molecule has 0 amide bonds. The molecule has 24 heteroatoms. The number of nitrogens with zero attached hydrogens (tertiary/aromatic N) is 8. The number of aryl methyl sites for hydroxylation is 1. The topological polar surface area (TPSA) is 301 Å². The number of nitrogens with two attached hydrogens (primary N) is 1. The molecule has 0 atom stereocenters. The molecule has 65 heavy (non-hydrogen) atoms. The van der Waals surface area contributed by atoms with E-state index >= 15 is 0 Å². The van der Waals surface area contributed by atoms with E-state index in [1.807, 2.05) is 19.1 Å². The molecule has 6 aromatic rings. The Morgan fingerprint density at radius 2 is 0.846 bits per heavy atom. The second kappa shape index (κ2) is 18.8. The van der Waals surface area contributed by atoms with Crippen LogP contribution in [0, 0.1) is 56.8 Å². The molecular weight excluding hydrogens is 899 g/mol. The van der Waals surface area contributed by atoms with Gasteiger partial charge in [0.1, 0.15) is 9.79 Å². The molecule has 0 unspecified atom stereocenters. The van der Waals surface area contributed by atoms with Crippen LogP contribution in [-0.2, 0) is 30.3 Å². The highest BCUT2D eigenvalue weighted by Gasteiger charge is 2.20. The number of sulfonamides is 1. The first-order valence-electron chi connectivity index (χ1n) is 17.9. The smallest absolute Gasteiger partial charge is 0.295 e. The predicted molar refractivity (Wildman–Crippen MR) is 244 cm³/mol. The lowest BCUT2D eigenvalue weighted by Crippen LogP contribution is -2.15. The van der Waals surface area contributed by atoms with E-state index in [9.17, 15) is 34.4 Å². The Morgan fingerprint density at radius 3 is 1.17 bits per heavy atom. The van der Waals surface area contributed by atoms with Gasteiger partial charge in [0, 0.05) is 46.9 Å². The average Bonchev–Trinajstić information content (AvgIpc) is 3.24. The van der Waals surface area contributed by atoms with Gasteiger partial charge in [-0.15, -0.1) is 0 Å². The summed E-state index contributed by atoms with van der Waals surface area (Å²) >= 11 is 0. The van der Waals surface area contributed by atoms with Crippen LogP contribution in [-0.4, -0.2) is 64.3 Å². The number of rotatable bonds is 15. The van der Waals surface area contributed by atoms with Crippen LogP contribution in [0.5, 0.6) is 0 Å². The van der Waals surface area contributed by atoms with Crippen LogP contribution in [0.1, 0.15) is 16.7 Å². The lowest BCUT2D eigenvalue weighted by Gasteiger charge is -2.14. The summed E-state index contributed by atoms with van der Waals surface area (Å²) < 4.78 is 94.6. The summed E-state index contributed by atoms with van der Waals surface area (Å²) in [4.78, 5) is 25.9. The molecule has 0 saturated heterocycles. The van der Waals surface area contributed by atoms with Crippen LogP contribution in [0.3, 0.4) is 0 Å². The van der Waals surface area contributed by atoms with Crippen molar-refractivity contribution in [1.82, 2.24) is 29.9 Å². The zero-order valence-corrected chi connectivity index (χ0v) is 35.7. The fraction of sp³-hybridized carbons (Fsp3) is 0.0244. The molecule has 0 bridgehead atoms. The lowest BCUT2D eigenvalue weighted by molar-refractivity contribution is 0.480. The van der Waals surface area contributed by atoms with Crippen molar-refractivity contribution in [3.8, 4) is 49.9 Å². The number of primary sulfonamides is 1. The number of hydrogen-bond donors (Lipinski definition) is 7. The number of benzene rings is 4. The van der Waals surface area contributed by atoms with Crippen LogP contribution in [0.2, 0.25) is 0 Å². The molecule has 0 radical (unpaired) electrons. The number of nitrogens with one attached hydrogen (secondary N) is 4. The van der Waals surface area contributed by atoms with Gasteiger partial charge in [0.05, 0.1) is 4.90 Å². The van der Waals surface area contributed by atoms with E-state index in [1.165, 1.54) is 60.7 Å². The van der Waals surface area contributed by atoms with Crippen LogP contribution in [0.15, 0.2) is 99.6 Å². The molecule has 326 valence electrons. The zero-order valence-electron chi connectivity index (χ0n) is 33.3. The van der Waals surface area contributed by atoms with Crippen molar-refractivity contribution in [3.05, 3.63) is 102 Å². The van der Waals surface area contributed by atoms with Gasteiger partial charge in [0.15, 0.2) is 0 Å². The van der Waals surface area contributed by atoms with Gasteiger partial charge in [-0.1, -0.05) is 67.7 Å². The summed E-state index contributed by atoms with van der Waals surface area (Å²) in [6.45, 7) is 1.91. The minimum atomic E-state index is -4.96. The van der Waals surface area contributed by atoms with Gasteiger partial charge in [-0.2, -0.15) is 56.5 Å². The Bertz CT molecular complexity index is 3350. The minimum Gasteiger partial charge on any atom is -0.324 e. The molecule has 4 aromatic carbocycles. The van der Waals surface area contributed by atoms with E-state index in [-0.39, 0.29) is 63.1 Å². The maximum Gasteiger partial charge on any atom is 0.295 e. The molecule has 21 nitrogen and oxygen atoms in total. The van der Waals surface area contributed by atoms with Gasteiger partial charge >= 0.3 is 0 Å². The quantitative estimate of drug-likeness (QED) is 0.0320. The van der Waals surface area contributed by atoms with Crippen LogP contribution in [0.4, 0.5) is 58.4 Å². The van der Waals surface area contributed by atoms with Crippen molar-refractivity contribution in [2.45, 2.75) is 21.6 Å². The molecular formula is C41H31N13O8S3. The van der Waals surface area contributed by atoms with Gasteiger partial charge in [0.2, 0.25) is 33.8 Å². The summed E-state index contributed by atoms with van der Waals surface area (Å²) in [5, 5.41) is 16.7. The Balaban J connectivity index is 1.30. The molecule has 0 aliphatic rings. The van der Waals surface area contributed by atoms with Gasteiger partial charge in [-0.3, -0.25) is 9.11 Å². The Labute approximate surface area is 372 Å². The van der Waals surface area contributed by atoms with E-state index in [1.54, 1.807) is 12.1 Å². The number of terminal acetylenes is 4. The molecule has 6 rings (SSSR count). The van der Waals surface area contributed by atoms with Crippen molar-refractivity contribution in [3.63, 3.8) is 0 Å². The third kappa shape index (κ3) is 11.7. The summed E-state index contributed by atoms with van der Waals surface area (Å²) in [5.41, 5.74) is 1.81. The fourth-order valence-electron chi connectivity index (χ4n) is 5.47. The molecule has 0 fully saturated rings. The van der Waals surface area contributed by atoms with Crippen molar-refractivity contribution < 1.29 is 34.4 Å². The predicted octanol–water partition coefficient (Wildman–Crippen LogP) is 4.63. The summed E-state index contributed by atoms with van der Waals surface area (Å²) in [6, 6.07) is 28.8. The average molecular weight is 930 g/mol. The van der Waals surface area contributed by atoms with E-state index in [0.29, 0.717) is 11.4 Å². The van der Waals surface area contributed by atoms with Crippen molar-refractivity contribution >= 4 is 101 Å². The fourth-order valence-corrected chi connectivity index (χ4v) is 7.40. The first-order chi connectivity index (χ1) is 30.8. The van der Waals surface area contributed by atoms with Crippen molar-refractivity contribution in [1.29, 1.82) is 0 Å². The normalized spacial score (nSPS) is 11.3. The summed E-state index contributed by atoms with van der Waals surface area (Å²) in [6.07, 6.45) is 24.4. The maximum atomic E-state index is 12.7. The van der Waals surface area contributed by atoms with Crippen LogP contribution in [0.25, 0.3) is 12.2 Å². The highest BCUT2D eigenvalue weighted by atomic mass is 32.2. The van der Waals surface area contributed by atoms with Crippen molar-refractivity contribution in [2.75, 3.05) is 31.1 Å². The third-order valence-corrected chi connectivity index (χ3v) is 11.2. The molecule has 0 aliphatic heterocycles. The zero-order chi connectivity index (χ0) is 47.1. The molecule has 0 spiro atoms.